The van der Waals surface area contributed by atoms with Crippen LogP contribution in [0.15, 0.2) is 35.0 Å². The van der Waals surface area contributed by atoms with Gasteiger partial charge in [0.25, 0.3) is 0 Å². The Balaban J connectivity index is 1.91. The molecule has 2 heterocycles. The zero-order valence-corrected chi connectivity index (χ0v) is 19.5. The highest BCUT2D eigenvalue weighted by molar-refractivity contribution is 7.99. The van der Waals surface area contributed by atoms with Crippen LogP contribution in [-0.4, -0.2) is 35.0 Å². The molecule has 0 saturated carbocycles. The summed E-state index contributed by atoms with van der Waals surface area (Å²) in [6.45, 7) is 17.6. The number of aryl methyl sites for hydroxylation is 1. The van der Waals surface area contributed by atoms with Gasteiger partial charge in [0, 0.05) is 31.0 Å². The molecule has 0 aliphatic carbocycles. The predicted molar refractivity (Wildman–Crippen MR) is 125 cm³/mol. The molecule has 1 aliphatic rings. The van der Waals surface area contributed by atoms with E-state index in [1.807, 2.05) is 0 Å². The number of nitrogens with one attached hydrogen (secondary N) is 3. The molecule has 0 unspecified atom stereocenters. The van der Waals surface area contributed by atoms with E-state index in [1.54, 1.807) is 24.9 Å². The molecule has 0 radical (unpaired) electrons. The summed E-state index contributed by atoms with van der Waals surface area (Å²) < 4.78 is 7.85. The maximum Gasteiger partial charge on any atom is 0.175 e. The molecule has 2 aromatic rings. The first-order valence-electron chi connectivity index (χ1n) is 10.4. The molecule has 3 N–H and O–H groups in total. The molecule has 6 nitrogen and oxygen atoms in total. The molecule has 0 saturated heterocycles. The number of nitrogens with zero attached hydrogens (tertiary/aromatic N) is 2. The van der Waals surface area contributed by atoms with Gasteiger partial charge < -0.3 is 25.3 Å². The van der Waals surface area contributed by atoms with Crippen LogP contribution < -0.4 is 15.4 Å². The predicted octanol–water partition coefficient (Wildman–Crippen LogP) is 4.86. The molecular formula is C23H33N5OS. The Morgan fingerprint density at radius 1 is 1.40 bits per heavy atom. The van der Waals surface area contributed by atoms with Crippen LogP contribution in [-0.2, 0) is 13.0 Å². The number of hydrogen-bond acceptors (Lipinski definition) is 6. The van der Waals surface area contributed by atoms with Gasteiger partial charge in [-0.2, -0.15) is 0 Å². The summed E-state index contributed by atoms with van der Waals surface area (Å²) in [5.74, 6) is 1.82. The van der Waals surface area contributed by atoms with E-state index in [0.717, 1.165) is 49.4 Å². The smallest absolute Gasteiger partial charge is 0.175 e. The lowest BCUT2D eigenvalue weighted by Crippen LogP contribution is -2.29. The third kappa shape index (κ3) is 5.26. The van der Waals surface area contributed by atoms with Crippen molar-refractivity contribution in [1.82, 2.24) is 14.9 Å². The number of hydrogen-bond donors (Lipinski definition) is 3. The minimum Gasteiger partial charge on any atom is -0.493 e. The second-order valence-corrected chi connectivity index (χ2v) is 9.89. The Morgan fingerprint density at radius 3 is 2.83 bits per heavy atom. The van der Waals surface area contributed by atoms with E-state index >= 15 is 0 Å². The van der Waals surface area contributed by atoms with Crippen molar-refractivity contribution in [3.8, 4) is 5.75 Å². The number of benzene rings is 1. The van der Waals surface area contributed by atoms with Crippen LogP contribution in [0.4, 0.5) is 5.82 Å². The molecule has 30 heavy (non-hydrogen) atoms. The summed E-state index contributed by atoms with van der Waals surface area (Å²) in [6.07, 6.45) is 2.59. The van der Waals surface area contributed by atoms with Crippen molar-refractivity contribution in [2.24, 2.45) is 5.41 Å². The summed E-state index contributed by atoms with van der Waals surface area (Å²) in [4.78, 5) is 5.99. The molecule has 0 amide bonds. The first-order valence-corrected chi connectivity index (χ1v) is 11.2. The lowest BCUT2D eigenvalue weighted by molar-refractivity contribution is 0.356. The highest BCUT2D eigenvalue weighted by Gasteiger charge is 2.21. The summed E-state index contributed by atoms with van der Waals surface area (Å²) in [5.41, 5.74) is 3.75. The number of rotatable bonds is 9. The molecule has 0 bridgehead atoms. The molecule has 3 rings (SSSR count). The van der Waals surface area contributed by atoms with Crippen molar-refractivity contribution in [3.63, 3.8) is 0 Å². The number of aromatic nitrogens is 2. The summed E-state index contributed by atoms with van der Waals surface area (Å²) in [7, 11) is 0. The zero-order valence-electron chi connectivity index (χ0n) is 18.7. The molecule has 7 heteroatoms. The van der Waals surface area contributed by atoms with E-state index in [9.17, 15) is 0 Å². The molecule has 0 fully saturated rings. The van der Waals surface area contributed by atoms with Crippen molar-refractivity contribution in [1.29, 1.82) is 5.41 Å². The molecule has 1 aromatic carbocycles. The lowest BCUT2D eigenvalue weighted by Gasteiger charge is -2.19. The SMILES string of the molecule is C=CNc1c(C(C)=N)nc(Sc2cc3c(cc2C)OCC3)n1CCNCC(C)(C)C. The van der Waals surface area contributed by atoms with Crippen LogP contribution in [0.25, 0.3) is 0 Å². The van der Waals surface area contributed by atoms with E-state index < -0.39 is 0 Å². The third-order valence-electron chi connectivity index (χ3n) is 4.88. The highest BCUT2D eigenvalue weighted by Crippen LogP contribution is 2.37. The van der Waals surface area contributed by atoms with Gasteiger partial charge in [-0.3, -0.25) is 0 Å². The van der Waals surface area contributed by atoms with Crippen molar-refractivity contribution in [2.75, 3.05) is 25.0 Å². The zero-order chi connectivity index (χ0) is 21.9. The molecule has 162 valence electrons. The Labute approximate surface area is 184 Å². The normalized spacial score (nSPS) is 13.1. The Hall–Kier alpha value is -2.25. The summed E-state index contributed by atoms with van der Waals surface area (Å²) >= 11 is 1.65. The van der Waals surface area contributed by atoms with Gasteiger partial charge in [-0.15, -0.1) is 0 Å². The van der Waals surface area contributed by atoms with Crippen molar-refractivity contribution >= 4 is 23.3 Å². The van der Waals surface area contributed by atoms with Crippen LogP contribution in [0, 0.1) is 17.7 Å². The number of fused-ring (bicyclic) bond motifs is 1. The van der Waals surface area contributed by atoms with E-state index in [0.29, 0.717) is 11.4 Å². The van der Waals surface area contributed by atoms with Gasteiger partial charge in [0.2, 0.25) is 0 Å². The van der Waals surface area contributed by atoms with Gasteiger partial charge in [-0.1, -0.05) is 39.1 Å². The fraction of sp³-hybridized carbons (Fsp3) is 0.478. The van der Waals surface area contributed by atoms with Crippen molar-refractivity contribution in [2.45, 2.75) is 57.6 Å². The fourth-order valence-electron chi connectivity index (χ4n) is 3.39. The Bertz CT molecular complexity index is 942. The molecular weight excluding hydrogens is 394 g/mol. The van der Waals surface area contributed by atoms with E-state index in [1.165, 1.54) is 16.0 Å². The molecule has 1 aromatic heterocycles. The maximum absolute atomic E-state index is 8.19. The van der Waals surface area contributed by atoms with Crippen LogP contribution in [0.2, 0.25) is 0 Å². The second kappa shape index (κ2) is 9.27. The van der Waals surface area contributed by atoms with Crippen molar-refractivity contribution < 1.29 is 4.74 Å². The minimum atomic E-state index is 0.231. The monoisotopic (exact) mass is 427 g/mol. The average molecular weight is 428 g/mol. The van der Waals surface area contributed by atoms with Gasteiger partial charge >= 0.3 is 0 Å². The van der Waals surface area contributed by atoms with Crippen LogP contribution in [0.1, 0.15) is 44.5 Å². The second-order valence-electron chi connectivity index (χ2n) is 8.88. The third-order valence-corrected chi connectivity index (χ3v) is 6.04. The number of ether oxygens (including phenoxy) is 1. The first-order chi connectivity index (χ1) is 14.2. The standard InChI is InChI=1S/C23H33N5OS/c1-7-26-21-20(16(3)24)27-22(28(21)10-9-25-14-23(4,5)6)30-19-13-17-8-11-29-18(17)12-15(19)2/h7,12-13,24-26H,1,8-11,14H2,2-6H3. The van der Waals surface area contributed by atoms with E-state index in [4.69, 9.17) is 15.1 Å². The molecule has 1 aliphatic heterocycles. The van der Waals surface area contributed by atoms with Crippen LogP contribution in [0.5, 0.6) is 5.75 Å². The van der Waals surface area contributed by atoms with E-state index in [2.05, 4.69) is 61.6 Å². The highest BCUT2D eigenvalue weighted by atomic mass is 32.2. The molecule has 0 atom stereocenters. The Morgan fingerprint density at radius 2 is 2.17 bits per heavy atom. The topological polar surface area (TPSA) is 75.0 Å². The maximum atomic E-state index is 8.19. The van der Waals surface area contributed by atoms with Gasteiger partial charge in [-0.25, -0.2) is 4.98 Å². The quantitative estimate of drug-likeness (QED) is 0.394. The summed E-state index contributed by atoms with van der Waals surface area (Å²) in [6, 6.07) is 4.34. The summed E-state index contributed by atoms with van der Waals surface area (Å²) in [5, 5.41) is 15.8. The first kappa shape index (κ1) is 22.4. The lowest BCUT2D eigenvalue weighted by atomic mass is 9.97. The minimum absolute atomic E-state index is 0.231. The van der Waals surface area contributed by atoms with Gasteiger partial charge in [0.1, 0.15) is 17.3 Å². The number of anilines is 1. The fourth-order valence-corrected chi connectivity index (χ4v) is 4.44. The van der Waals surface area contributed by atoms with E-state index in [-0.39, 0.29) is 5.41 Å². The van der Waals surface area contributed by atoms with Crippen LogP contribution in [0.3, 0.4) is 0 Å². The van der Waals surface area contributed by atoms with Gasteiger partial charge in [-0.05, 0) is 48.7 Å². The largest absolute Gasteiger partial charge is 0.493 e. The molecule has 0 spiro atoms. The van der Waals surface area contributed by atoms with Crippen molar-refractivity contribution in [3.05, 3.63) is 41.7 Å². The average Bonchev–Trinajstić information content (AvgIpc) is 3.23. The van der Waals surface area contributed by atoms with Gasteiger partial charge in [0.05, 0.1) is 12.3 Å². The number of imidazole rings is 1. The Kier molecular flexibility index (Phi) is 6.93. The van der Waals surface area contributed by atoms with Crippen LogP contribution >= 0.6 is 11.8 Å². The van der Waals surface area contributed by atoms with Gasteiger partial charge in [0.15, 0.2) is 5.16 Å².